The highest BCUT2D eigenvalue weighted by atomic mass is 79.9. The number of benzene rings is 1. The molecule has 4 nitrogen and oxygen atoms in total. The highest BCUT2D eigenvalue weighted by molar-refractivity contribution is 9.10. The van der Waals surface area contributed by atoms with Crippen molar-refractivity contribution in [3.8, 4) is 11.4 Å². The monoisotopic (exact) mass is 354 g/mol. The van der Waals surface area contributed by atoms with E-state index in [9.17, 15) is 0 Å². The van der Waals surface area contributed by atoms with Crippen LogP contribution < -0.4 is 11.3 Å². The number of hydrogen-bond acceptors (Lipinski definition) is 4. The molecule has 0 spiro atoms. The van der Waals surface area contributed by atoms with Crippen molar-refractivity contribution in [1.82, 2.24) is 9.97 Å². The lowest BCUT2D eigenvalue weighted by Gasteiger charge is -2.16. The van der Waals surface area contributed by atoms with Crippen molar-refractivity contribution in [1.29, 1.82) is 0 Å². The third-order valence-corrected chi connectivity index (χ3v) is 3.95. The summed E-state index contributed by atoms with van der Waals surface area (Å²) in [4.78, 5) is 9.09. The number of halogens is 2. The Bertz CT molecular complexity index is 643. The molecule has 0 aliphatic rings. The lowest BCUT2D eigenvalue weighted by molar-refractivity contribution is 0.831. The number of aromatic nitrogens is 2. The summed E-state index contributed by atoms with van der Waals surface area (Å²) in [5.74, 6) is 7.12. The van der Waals surface area contributed by atoms with Gasteiger partial charge in [-0.2, -0.15) is 0 Å². The number of anilines is 1. The smallest absolute Gasteiger partial charge is 0.163 e. The molecule has 0 saturated heterocycles. The zero-order chi connectivity index (χ0) is 14.9. The molecule has 1 heterocycles. The third-order valence-electron chi connectivity index (χ3n) is 3.02. The molecule has 0 aliphatic carbocycles. The van der Waals surface area contributed by atoms with Crippen LogP contribution >= 0.6 is 27.5 Å². The molecule has 6 heteroatoms. The largest absolute Gasteiger partial charge is 0.308 e. The second-order valence-electron chi connectivity index (χ2n) is 4.82. The predicted octanol–water partition coefficient (Wildman–Crippen LogP) is 4.28. The van der Waals surface area contributed by atoms with E-state index in [1.54, 1.807) is 0 Å². The lowest BCUT2D eigenvalue weighted by Crippen LogP contribution is -2.14. The van der Waals surface area contributed by atoms with Gasteiger partial charge in [-0.25, -0.2) is 15.8 Å². The fraction of sp³-hybridized carbons (Fsp3) is 0.286. The first-order chi connectivity index (χ1) is 9.43. The Hall–Kier alpha value is -1.17. The first-order valence-electron chi connectivity index (χ1n) is 6.24. The summed E-state index contributed by atoms with van der Waals surface area (Å²) in [5, 5.41) is 0.639. The van der Waals surface area contributed by atoms with Gasteiger partial charge < -0.3 is 5.43 Å². The SMILES string of the molecule is Cc1nc(-c2cc(Cl)ccc2Br)nc(NN)c1C(C)C. The van der Waals surface area contributed by atoms with Crippen LogP contribution in [-0.2, 0) is 0 Å². The standard InChI is InChI=1S/C14H16BrClN4/c1-7(2)12-8(3)18-13(19-14(12)20-17)10-6-9(16)4-5-11(10)15/h4-7H,17H2,1-3H3,(H,18,19,20). The van der Waals surface area contributed by atoms with Crippen molar-refractivity contribution in [2.45, 2.75) is 26.7 Å². The molecular formula is C14H16BrClN4. The van der Waals surface area contributed by atoms with E-state index < -0.39 is 0 Å². The summed E-state index contributed by atoms with van der Waals surface area (Å²) >= 11 is 9.54. The molecule has 0 unspecified atom stereocenters. The van der Waals surface area contributed by atoms with E-state index in [1.807, 2.05) is 25.1 Å². The molecule has 2 aromatic rings. The van der Waals surface area contributed by atoms with Crippen molar-refractivity contribution in [3.05, 3.63) is 39.0 Å². The number of nitrogen functional groups attached to an aromatic ring is 1. The van der Waals surface area contributed by atoms with Gasteiger partial charge in [0.1, 0.15) is 5.82 Å². The Balaban J connectivity index is 2.64. The van der Waals surface area contributed by atoms with E-state index in [4.69, 9.17) is 17.4 Å². The minimum absolute atomic E-state index is 0.290. The maximum Gasteiger partial charge on any atom is 0.163 e. The fourth-order valence-electron chi connectivity index (χ4n) is 2.17. The maximum atomic E-state index is 6.05. The molecule has 1 aromatic heterocycles. The number of nitrogens with one attached hydrogen (secondary N) is 1. The molecule has 20 heavy (non-hydrogen) atoms. The van der Waals surface area contributed by atoms with Crippen LogP contribution in [0.5, 0.6) is 0 Å². The molecule has 1 aromatic carbocycles. The van der Waals surface area contributed by atoms with Crippen molar-refractivity contribution < 1.29 is 0 Å². The van der Waals surface area contributed by atoms with Crippen LogP contribution in [0.4, 0.5) is 5.82 Å². The van der Waals surface area contributed by atoms with Crippen molar-refractivity contribution in [2.75, 3.05) is 5.43 Å². The quantitative estimate of drug-likeness (QED) is 0.637. The van der Waals surface area contributed by atoms with Gasteiger partial charge in [0.2, 0.25) is 0 Å². The zero-order valence-electron chi connectivity index (χ0n) is 11.5. The van der Waals surface area contributed by atoms with E-state index in [2.05, 4.69) is 45.2 Å². The van der Waals surface area contributed by atoms with Crippen LogP contribution in [0.3, 0.4) is 0 Å². The van der Waals surface area contributed by atoms with E-state index in [-0.39, 0.29) is 5.92 Å². The van der Waals surface area contributed by atoms with Crippen LogP contribution in [0.2, 0.25) is 5.02 Å². The number of hydrogen-bond donors (Lipinski definition) is 2. The summed E-state index contributed by atoms with van der Waals surface area (Å²) in [6, 6.07) is 5.52. The van der Waals surface area contributed by atoms with Gasteiger partial charge in [0.25, 0.3) is 0 Å². The van der Waals surface area contributed by atoms with Gasteiger partial charge >= 0.3 is 0 Å². The summed E-state index contributed by atoms with van der Waals surface area (Å²) in [6.07, 6.45) is 0. The Morgan fingerprint density at radius 3 is 2.60 bits per heavy atom. The number of aryl methyl sites for hydroxylation is 1. The highest BCUT2D eigenvalue weighted by Gasteiger charge is 2.16. The molecule has 0 aliphatic heterocycles. The van der Waals surface area contributed by atoms with E-state index in [0.29, 0.717) is 16.7 Å². The average molecular weight is 356 g/mol. The van der Waals surface area contributed by atoms with Crippen LogP contribution in [0.1, 0.15) is 31.0 Å². The second-order valence-corrected chi connectivity index (χ2v) is 6.11. The van der Waals surface area contributed by atoms with Crippen LogP contribution in [0, 0.1) is 6.92 Å². The molecule has 0 bridgehead atoms. The summed E-state index contributed by atoms with van der Waals surface area (Å²) in [5.41, 5.74) is 5.43. The van der Waals surface area contributed by atoms with Gasteiger partial charge in [0.15, 0.2) is 5.82 Å². The number of nitrogens with zero attached hydrogens (tertiary/aromatic N) is 2. The van der Waals surface area contributed by atoms with Gasteiger partial charge in [-0.1, -0.05) is 41.4 Å². The number of nitrogens with two attached hydrogens (primary N) is 1. The summed E-state index contributed by atoms with van der Waals surface area (Å²) < 4.78 is 0.890. The molecule has 0 saturated carbocycles. The normalized spacial score (nSPS) is 10.9. The average Bonchev–Trinajstić information content (AvgIpc) is 2.40. The molecule has 0 amide bonds. The topological polar surface area (TPSA) is 63.8 Å². The first-order valence-corrected chi connectivity index (χ1v) is 7.41. The number of rotatable bonds is 3. The first kappa shape index (κ1) is 15.2. The minimum Gasteiger partial charge on any atom is -0.308 e. The highest BCUT2D eigenvalue weighted by Crippen LogP contribution is 2.32. The van der Waals surface area contributed by atoms with Crippen LogP contribution in [-0.4, -0.2) is 9.97 Å². The van der Waals surface area contributed by atoms with Crippen LogP contribution in [0.25, 0.3) is 11.4 Å². The molecule has 0 atom stereocenters. The van der Waals surface area contributed by atoms with Crippen molar-refractivity contribution >= 4 is 33.3 Å². The van der Waals surface area contributed by atoms with E-state index in [0.717, 1.165) is 21.3 Å². The lowest BCUT2D eigenvalue weighted by atomic mass is 10.0. The molecule has 106 valence electrons. The summed E-state index contributed by atoms with van der Waals surface area (Å²) in [6.45, 7) is 6.13. The third kappa shape index (κ3) is 2.95. The van der Waals surface area contributed by atoms with Crippen molar-refractivity contribution in [2.24, 2.45) is 5.84 Å². The maximum absolute atomic E-state index is 6.05. The Labute approximate surface area is 131 Å². The van der Waals surface area contributed by atoms with Gasteiger partial charge in [-0.15, -0.1) is 0 Å². The molecule has 0 fully saturated rings. The molecule has 3 N–H and O–H groups in total. The number of hydrazine groups is 1. The zero-order valence-corrected chi connectivity index (χ0v) is 13.9. The second kappa shape index (κ2) is 6.08. The fourth-order valence-corrected chi connectivity index (χ4v) is 2.77. The van der Waals surface area contributed by atoms with E-state index in [1.165, 1.54) is 0 Å². The minimum atomic E-state index is 0.290. The molecular weight excluding hydrogens is 340 g/mol. The Kier molecular flexibility index (Phi) is 4.62. The molecule has 0 radical (unpaired) electrons. The van der Waals surface area contributed by atoms with E-state index >= 15 is 0 Å². The Morgan fingerprint density at radius 2 is 2.00 bits per heavy atom. The van der Waals surface area contributed by atoms with Gasteiger partial charge in [0, 0.05) is 26.3 Å². The van der Waals surface area contributed by atoms with Gasteiger partial charge in [-0.3, -0.25) is 0 Å². The predicted molar refractivity (Wildman–Crippen MR) is 86.8 cm³/mol. The summed E-state index contributed by atoms with van der Waals surface area (Å²) in [7, 11) is 0. The van der Waals surface area contributed by atoms with Gasteiger partial charge in [-0.05, 0) is 31.0 Å². The molecule has 2 rings (SSSR count). The Morgan fingerprint density at radius 1 is 1.30 bits per heavy atom. The van der Waals surface area contributed by atoms with Gasteiger partial charge in [0.05, 0.1) is 0 Å². The van der Waals surface area contributed by atoms with Crippen LogP contribution in [0.15, 0.2) is 22.7 Å². The van der Waals surface area contributed by atoms with Crippen molar-refractivity contribution in [3.63, 3.8) is 0 Å².